The first-order valence-electron chi connectivity index (χ1n) is 2.85. The van der Waals surface area contributed by atoms with Crippen LogP contribution in [0.5, 0.6) is 0 Å². The number of guanidine groups is 1. The second kappa shape index (κ2) is 4.55. The van der Waals surface area contributed by atoms with E-state index in [1.165, 1.54) is 0 Å². The minimum atomic E-state index is -1.47. The van der Waals surface area contributed by atoms with E-state index in [4.69, 9.17) is 23.1 Å². The van der Waals surface area contributed by atoms with Gasteiger partial charge in [0, 0.05) is 0 Å². The molecule has 4 N–H and O–H groups in total. The van der Waals surface area contributed by atoms with E-state index in [1.54, 1.807) is 0 Å². The molecule has 0 spiro atoms. The Kier molecular flexibility index (Phi) is 4.06. The van der Waals surface area contributed by atoms with Crippen LogP contribution in [0.1, 0.15) is 0 Å². The fourth-order valence-corrected chi connectivity index (χ4v) is 0.595. The zero-order valence-corrected chi connectivity index (χ0v) is 7.04. The summed E-state index contributed by atoms with van der Waals surface area (Å²) < 4.78 is 4.21. The molecule has 6 nitrogen and oxygen atoms in total. The lowest BCUT2D eigenvalue weighted by atomic mass is 10.3. The van der Waals surface area contributed by atoms with Crippen molar-refractivity contribution in [3.05, 3.63) is 0 Å². The van der Waals surface area contributed by atoms with E-state index < -0.39 is 23.2 Å². The molecule has 1 atom stereocenters. The molecule has 12 heavy (non-hydrogen) atoms. The maximum absolute atomic E-state index is 10.7. The highest BCUT2D eigenvalue weighted by molar-refractivity contribution is 6.66. The molecule has 0 saturated heterocycles. The molecular formula is C5H8ClN3O3. The Bertz CT molecular complexity index is 224. The van der Waals surface area contributed by atoms with E-state index in [9.17, 15) is 9.59 Å². The summed E-state index contributed by atoms with van der Waals surface area (Å²) in [6, 6.07) is -1.47. The molecule has 0 aliphatic rings. The Morgan fingerprint density at radius 2 is 2.00 bits per heavy atom. The SMILES string of the molecule is COC(=O)C(N=C(N)N)C(=O)Cl. The first-order chi connectivity index (χ1) is 5.49. The molecule has 0 aromatic rings. The number of halogens is 1. The van der Waals surface area contributed by atoms with Crippen LogP contribution in [0.3, 0.4) is 0 Å². The van der Waals surface area contributed by atoms with Crippen LogP contribution in [0.25, 0.3) is 0 Å². The fourth-order valence-electron chi connectivity index (χ4n) is 0.457. The average molecular weight is 194 g/mol. The van der Waals surface area contributed by atoms with Crippen molar-refractivity contribution in [3.8, 4) is 0 Å². The highest BCUT2D eigenvalue weighted by atomic mass is 35.5. The van der Waals surface area contributed by atoms with Gasteiger partial charge >= 0.3 is 5.97 Å². The Morgan fingerprint density at radius 3 is 2.25 bits per heavy atom. The summed E-state index contributed by atoms with van der Waals surface area (Å²) >= 11 is 5.00. The van der Waals surface area contributed by atoms with Gasteiger partial charge in [0.2, 0.25) is 6.04 Å². The second-order valence-electron chi connectivity index (χ2n) is 1.78. The lowest BCUT2D eigenvalue weighted by Gasteiger charge is -2.04. The summed E-state index contributed by atoms with van der Waals surface area (Å²) in [7, 11) is 1.09. The van der Waals surface area contributed by atoms with Gasteiger partial charge in [-0.15, -0.1) is 0 Å². The maximum atomic E-state index is 10.7. The van der Waals surface area contributed by atoms with Gasteiger partial charge in [0.05, 0.1) is 7.11 Å². The van der Waals surface area contributed by atoms with Crippen molar-refractivity contribution in [1.82, 2.24) is 0 Å². The van der Waals surface area contributed by atoms with Crippen LogP contribution in [0.2, 0.25) is 0 Å². The van der Waals surface area contributed by atoms with Gasteiger partial charge in [0.25, 0.3) is 5.24 Å². The number of esters is 1. The van der Waals surface area contributed by atoms with E-state index in [2.05, 4.69) is 9.73 Å². The third-order valence-corrected chi connectivity index (χ3v) is 1.12. The van der Waals surface area contributed by atoms with Crippen LogP contribution in [-0.2, 0) is 14.3 Å². The summed E-state index contributed by atoms with van der Waals surface area (Å²) in [5.74, 6) is -1.30. The molecule has 0 radical (unpaired) electrons. The lowest BCUT2D eigenvalue weighted by molar-refractivity contribution is -0.143. The van der Waals surface area contributed by atoms with Crippen LogP contribution in [0.15, 0.2) is 4.99 Å². The quantitative estimate of drug-likeness (QED) is 0.188. The van der Waals surface area contributed by atoms with E-state index in [-0.39, 0.29) is 0 Å². The number of carbonyl (C=O) groups is 2. The van der Waals surface area contributed by atoms with Gasteiger partial charge in [-0.05, 0) is 11.6 Å². The third-order valence-electron chi connectivity index (χ3n) is 0.918. The number of ether oxygens (including phenoxy) is 1. The van der Waals surface area contributed by atoms with Gasteiger partial charge in [-0.2, -0.15) is 0 Å². The van der Waals surface area contributed by atoms with E-state index in [1.807, 2.05) is 0 Å². The molecular weight excluding hydrogens is 186 g/mol. The van der Waals surface area contributed by atoms with Crippen molar-refractivity contribution in [2.24, 2.45) is 16.5 Å². The zero-order valence-electron chi connectivity index (χ0n) is 6.28. The van der Waals surface area contributed by atoms with Crippen LogP contribution in [0, 0.1) is 0 Å². The third kappa shape index (κ3) is 3.20. The maximum Gasteiger partial charge on any atom is 0.339 e. The summed E-state index contributed by atoms with van der Waals surface area (Å²) in [5, 5.41) is -0.991. The van der Waals surface area contributed by atoms with Gasteiger partial charge in [-0.3, -0.25) is 4.79 Å². The molecule has 0 aliphatic carbocycles. The summed E-state index contributed by atoms with van der Waals surface area (Å²) in [6.45, 7) is 0. The van der Waals surface area contributed by atoms with Crippen molar-refractivity contribution in [3.63, 3.8) is 0 Å². The van der Waals surface area contributed by atoms with Gasteiger partial charge in [0.1, 0.15) is 0 Å². The number of methoxy groups -OCH3 is 1. The van der Waals surface area contributed by atoms with Crippen molar-refractivity contribution in [2.45, 2.75) is 6.04 Å². The normalized spacial score (nSPS) is 11.5. The number of nitrogens with zero attached hydrogens (tertiary/aromatic N) is 1. The fraction of sp³-hybridized carbons (Fsp3) is 0.400. The van der Waals surface area contributed by atoms with E-state index in [0.717, 1.165) is 7.11 Å². The molecule has 0 fully saturated rings. The predicted molar refractivity (Wildman–Crippen MR) is 42.5 cm³/mol. The topological polar surface area (TPSA) is 108 Å². The first-order valence-corrected chi connectivity index (χ1v) is 3.22. The number of hydrogen-bond acceptors (Lipinski definition) is 4. The van der Waals surface area contributed by atoms with Crippen LogP contribution in [0.4, 0.5) is 0 Å². The number of carbonyl (C=O) groups excluding carboxylic acids is 2. The number of nitrogens with two attached hydrogens (primary N) is 2. The number of hydrogen-bond donors (Lipinski definition) is 2. The van der Waals surface area contributed by atoms with E-state index >= 15 is 0 Å². The molecule has 0 bridgehead atoms. The Morgan fingerprint density at radius 1 is 1.50 bits per heavy atom. The average Bonchev–Trinajstić information content (AvgIpc) is 1.98. The number of aliphatic imine (C=N–C) groups is 1. The standard InChI is InChI=1S/C5H8ClN3O3/c1-12-4(11)2(3(6)10)9-5(7)8/h2H,1H3,(H4,7,8,9). The second-order valence-corrected chi connectivity index (χ2v) is 2.16. The van der Waals surface area contributed by atoms with Crippen molar-refractivity contribution in [2.75, 3.05) is 7.11 Å². The highest BCUT2D eigenvalue weighted by Gasteiger charge is 2.25. The molecule has 0 amide bonds. The largest absolute Gasteiger partial charge is 0.467 e. The Labute approximate surface area is 73.5 Å². The predicted octanol–water partition coefficient (Wildman–Crippen LogP) is -1.43. The summed E-state index contributed by atoms with van der Waals surface area (Å²) in [4.78, 5) is 24.5. The van der Waals surface area contributed by atoms with Crippen LogP contribution < -0.4 is 11.5 Å². The van der Waals surface area contributed by atoms with Crippen molar-refractivity contribution in [1.29, 1.82) is 0 Å². The molecule has 0 aromatic carbocycles. The summed E-state index contributed by atoms with van der Waals surface area (Å²) in [6.07, 6.45) is 0. The lowest BCUT2D eigenvalue weighted by Crippen LogP contribution is -2.32. The molecule has 0 aliphatic heterocycles. The molecule has 7 heteroatoms. The molecule has 0 heterocycles. The minimum Gasteiger partial charge on any atom is -0.467 e. The van der Waals surface area contributed by atoms with Crippen molar-refractivity contribution < 1.29 is 14.3 Å². The van der Waals surface area contributed by atoms with Gasteiger partial charge in [-0.1, -0.05) is 0 Å². The molecule has 1 unspecified atom stereocenters. The monoisotopic (exact) mass is 193 g/mol. The first kappa shape index (κ1) is 10.7. The smallest absolute Gasteiger partial charge is 0.339 e. The molecule has 0 saturated carbocycles. The summed E-state index contributed by atoms with van der Waals surface area (Å²) in [5.41, 5.74) is 9.87. The molecule has 0 rings (SSSR count). The van der Waals surface area contributed by atoms with Crippen molar-refractivity contribution >= 4 is 28.8 Å². The molecule has 0 aromatic heterocycles. The minimum absolute atomic E-state index is 0.403. The van der Waals surface area contributed by atoms with Gasteiger partial charge in [-0.25, -0.2) is 9.79 Å². The van der Waals surface area contributed by atoms with E-state index in [0.29, 0.717) is 0 Å². The zero-order chi connectivity index (χ0) is 9.72. The Balaban J connectivity index is 4.56. The van der Waals surface area contributed by atoms with Gasteiger partial charge in [0.15, 0.2) is 5.96 Å². The molecule has 68 valence electrons. The highest BCUT2D eigenvalue weighted by Crippen LogP contribution is 1.99. The number of rotatable bonds is 3. The van der Waals surface area contributed by atoms with Gasteiger partial charge < -0.3 is 16.2 Å². The van der Waals surface area contributed by atoms with Crippen LogP contribution >= 0.6 is 11.6 Å². The van der Waals surface area contributed by atoms with Crippen LogP contribution in [-0.4, -0.2) is 30.3 Å². The Hall–Kier alpha value is -1.30.